The van der Waals surface area contributed by atoms with Gasteiger partial charge in [-0.25, -0.2) is 8.78 Å². The summed E-state index contributed by atoms with van der Waals surface area (Å²) >= 11 is 0. The van der Waals surface area contributed by atoms with Crippen LogP contribution in [0.2, 0.25) is 0 Å². The van der Waals surface area contributed by atoms with Crippen LogP contribution >= 0.6 is 0 Å². The normalized spacial score (nSPS) is 12.2. The van der Waals surface area contributed by atoms with Gasteiger partial charge < -0.3 is 11.1 Å². The van der Waals surface area contributed by atoms with E-state index in [-0.39, 0.29) is 17.1 Å². The minimum absolute atomic E-state index is 0.126. The zero-order valence-electron chi connectivity index (χ0n) is 10.1. The summed E-state index contributed by atoms with van der Waals surface area (Å²) < 4.78 is 27.1. The maximum atomic E-state index is 13.5. The lowest BCUT2D eigenvalue weighted by Gasteiger charge is -2.15. The number of aromatic amines is 1. The number of rotatable bonds is 3. The van der Waals surface area contributed by atoms with Crippen LogP contribution in [0.15, 0.2) is 24.3 Å². The number of anilines is 1. The minimum Gasteiger partial charge on any atom is -0.382 e. The molecule has 0 saturated carbocycles. The first-order chi connectivity index (χ1) is 8.99. The number of nitrogen functional groups attached to an aromatic ring is 1. The molecule has 2 rings (SSSR count). The van der Waals surface area contributed by atoms with Crippen LogP contribution in [0.25, 0.3) is 0 Å². The summed E-state index contributed by atoms with van der Waals surface area (Å²) in [5, 5.41) is 8.48. The van der Waals surface area contributed by atoms with Gasteiger partial charge in [0.05, 0.1) is 6.04 Å². The third-order valence-electron chi connectivity index (χ3n) is 2.62. The van der Waals surface area contributed by atoms with Crippen molar-refractivity contribution in [3.05, 3.63) is 47.2 Å². The molecule has 1 aromatic carbocycles. The third-order valence-corrected chi connectivity index (χ3v) is 2.62. The molecule has 0 spiro atoms. The second-order valence-electron chi connectivity index (χ2n) is 4.04. The molecule has 0 aliphatic heterocycles. The summed E-state index contributed by atoms with van der Waals surface area (Å²) in [6.07, 6.45) is 0. The van der Waals surface area contributed by atoms with Crippen LogP contribution in [-0.4, -0.2) is 16.1 Å². The van der Waals surface area contributed by atoms with Crippen molar-refractivity contribution in [2.24, 2.45) is 0 Å². The molecule has 0 saturated heterocycles. The van der Waals surface area contributed by atoms with Crippen molar-refractivity contribution in [2.75, 3.05) is 5.73 Å². The second-order valence-corrected chi connectivity index (χ2v) is 4.04. The monoisotopic (exact) mass is 266 g/mol. The first-order valence-electron chi connectivity index (χ1n) is 5.54. The van der Waals surface area contributed by atoms with E-state index in [0.717, 1.165) is 12.1 Å². The first-order valence-corrected chi connectivity index (χ1v) is 5.54. The number of nitrogens with one attached hydrogen (secondary N) is 2. The van der Waals surface area contributed by atoms with Gasteiger partial charge in [0.15, 0.2) is 0 Å². The van der Waals surface area contributed by atoms with Crippen LogP contribution in [0.4, 0.5) is 14.6 Å². The van der Waals surface area contributed by atoms with Crippen LogP contribution in [-0.2, 0) is 0 Å². The Bertz CT molecular complexity index is 591. The molecule has 1 amide bonds. The Kier molecular flexibility index (Phi) is 3.46. The average molecular weight is 266 g/mol. The van der Waals surface area contributed by atoms with Crippen LogP contribution in [0, 0.1) is 11.6 Å². The molecule has 1 aromatic heterocycles. The van der Waals surface area contributed by atoms with E-state index in [1.54, 1.807) is 0 Å². The summed E-state index contributed by atoms with van der Waals surface area (Å²) in [6, 6.07) is 4.04. The van der Waals surface area contributed by atoms with Gasteiger partial charge in [-0.15, -0.1) is 0 Å². The van der Waals surface area contributed by atoms with E-state index in [0.29, 0.717) is 0 Å². The lowest BCUT2D eigenvalue weighted by molar-refractivity contribution is 0.0933. The van der Waals surface area contributed by atoms with Crippen molar-refractivity contribution in [3.63, 3.8) is 0 Å². The zero-order valence-corrected chi connectivity index (χ0v) is 10.1. The highest BCUT2D eigenvalue weighted by atomic mass is 19.1. The number of amides is 1. The molecule has 7 heteroatoms. The van der Waals surface area contributed by atoms with Gasteiger partial charge in [0, 0.05) is 11.6 Å². The number of carbonyl (C=O) groups is 1. The van der Waals surface area contributed by atoms with E-state index in [4.69, 9.17) is 5.73 Å². The zero-order chi connectivity index (χ0) is 14.0. The Labute approximate surface area is 107 Å². The Morgan fingerprint density at radius 1 is 1.42 bits per heavy atom. The topological polar surface area (TPSA) is 83.8 Å². The molecule has 0 aliphatic rings. The number of nitrogens with two attached hydrogens (primary N) is 1. The lowest BCUT2D eigenvalue weighted by Crippen LogP contribution is -2.28. The fourth-order valence-electron chi connectivity index (χ4n) is 1.72. The van der Waals surface area contributed by atoms with Crippen molar-refractivity contribution in [1.82, 2.24) is 15.5 Å². The fraction of sp³-hybridized carbons (Fsp3) is 0.167. The van der Waals surface area contributed by atoms with E-state index < -0.39 is 23.6 Å². The van der Waals surface area contributed by atoms with Gasteiger partial charge >= 0.3 is 0 Å². The number of benzene rings is 1. The highest BCUT2D eigenvalue weighted by molar-refractivity contribution is 5.93. The van der Waals surface area contributed by atoms with Gasteiger partial charge in [0.25, 0.3) is 5.91 Å². The number of hydrogen-bond acceptors (Lipinski definition) is 3. The summed E-state index contributed by atoms with van der Waals surface area (Å²) in [5.74, 6) is -1.80. The van der Waals surface area contributed by atoms with E-state index in [1.807, 2.05) is 0 Å². The standard InChI is InChI=1S/C12H12F2N4O/c1-6(11-7(13)3-2-4-8(11)14)16-12(19)9-5-10(15)18-17-9/h2-6H,1H3,(H,16,19)(H3,15,17,18). The van der Waals surface area contributed by atoms with Crippen LogP contribution < -0.4 is 11.1 Å². The number of nitrogens with zero attached hydrogens (tertiary/aromatic N) is 1. The first kappa shape index (κ1) is 13.0. The maximum absolute atomic E-state index is 13.5. The molecule has 1 heterocycles. The molecular formula is C12H12F2N4O. The largest absolute Gasteiger partial charge is 0.382 e. The van der Waals surface area contributed by atoms with Crippen LogP contribution in [0.5, 0.6) is 0 Å². The minimum atomic E-state index is -0.821. The summed E-state index contributed by atoms with van der Waals surface area (Å²) in [4.78, 5) is 11.8. The molecule has 5 nitrogen and oxygen atoms in total. The number of hydrogen-bond donors (Lipinski definition) is 3. The fourth-order valence-corrected chi connectivity index (χ4v) is 1.72. The molecule has 100 valence electrons. The molecule has 1 unspecified atom stereocenters. The summed E-state index contributed by atoms with van der Waals surface area (Å²) in [6.45, 7) is 1.49. The number of aromatic nitrogens is 2. The van der Waals surface area contributed by atoms with Crippen molar-refractivity contribution in [2.45, 2.75) is 13.0 Å². The van der Waals surface area contributed by atoms with Gasteiger partial charge in [-0.05, 0) is 19.1 Å². The number of carbonyl (C=O) groups excluding carboxylic acids is 1. The van der Waals surface area contributed by atoms with Gasteiger partial charge in [-0.1, -0.05) is 6.07 Å². The Morgan fingerprint density at radius 3 is 2.58 bits per heavy atom. The quantitative estimate of drug-likeness (QED) is 0.791. The summed E-state index contributed by atoms with van der Waals surface area (Å²) in [7, 11) is 0. The van der Waals surface area contributed by atoms with Gasteiger partial charge in [-0.3, -0.25) is 9.89 Å². The number of H-pyrrole nitrogens is 1. The molecule has 0 radical (unpaired) electrons. The molecule has 1 atom stereocenters. The molecule has 4 N–H and O–H groups in total. The van der Waals surface area contributed by atoms with Gasteiger partial charge in [0.1, 0.15) is 23.1 Å². The Balaban J connectivity index is 2.17. The van der Waals surface area contributed by atoms with E-state index in [1.165, 1.54) is 19.1 Å². The molecule has 0 aliphatic carbocycles. The maximum Gasteiger partial charge on any atom is 0.269 e. The number of halogens is 2. The second kappa shape index (κ2) is 5.05. The van der Waals surface area contributed by atoms with E-state index >= 15 is 0 Å². The SMILES string of the molecule is CC(NC(=O)c1cc(N)n[nH]1)c1c(F)cccc1F. The molecule has 0 fully saturated rings. The van der Waals surface area contributed by atoms with E-state index in [9.17, 15) is 13.6 Å². The lowest BCUT2D eigenvalue weighted by atomic mass is 10.1. The molecule has 2 aromatic rings. The Hall–Kier alpha value is -2.44. The van der Waals surface area contributed by atoms with Crippen molar-refractivity contribution in [1.29, 1.82) is 0 Å². The van der Waals surface area contributed by atoms with Crippen molar-refractivity contribution < 1.29 is 13.6 Å². The van der Waals surface area contributed by atoms with Crippen LogP contribution in [0.1, 0.15) is 29.0 Å². The molecular weight excluding hydrogens is 254 g/mol. The third kappa shape index (κ3) is 2.70. The van der Waals surface area contributed by atoms with Crippen molar-refractivity contribution >= 4 is 11.7 Å². The average Bonchev–Trinajstić information content (AvgIpc) is 2.75. The van der Waals surface area contributed by atoms with Gasteiger partial charge in [0.2, 0.25) is 0 Å². The highest BCUT2D eigenvalue weighted by Crippen LogP contribution is 2.20. The molecule has 19 heavy (non-hydrogen) atoms. The molecule has 0 bridgehead atoms. The predicted molar refractivity (Wildman–Crippen MR) is 65.2 cm³/mol. The Morgan fingerprint density at radius 2 is 2.05 bits per heavy atom. The smallest absolute Gasteiger partial charge is 0.269 e. The van der Waals surface area contributed by atoms with Gasteiger partial charge in [-0.2, -0.15) is 5.10 Å². The van der Waals surface area contributed by atoms with Crippen LogP contribution in [0.3, 0.4) is 0 Å². The highest BCUT2D eigenvalue weighted by Gasteiger charge is 2.19. The van der Waals surface area contributed by atoms with E-state index in [2.05, 4.69) is 15.5 Å². The van der Waals surface area contributed by atoms with Crippen molar-refractivity contribution in [3.8, 4) is 0 Å². The predicted octanol–water partition coefficient (Wildman–Crippen LogP) is 1.76. The summed E-state index contributed by atoms with van der Waals surface area (Å²) in [5.41, 5.74) is 5.30.